The van der Waals surface area contributed by atoms with E-state index in [1.807, 2.05) is 42.5 Å². The number of rotatable bonds is 10. The first kappa shape index (κ1) is 28.6. The van der Waals surface area contributed by atoms with Crippen LogP contribution in [0, 0.1) is 0 Å². The number of carboxylic acids is 1. The fraction of sp³-hybridized carbons (Fsp3) is 0.400. The van der Waals surface area contributed by atoms with E-state index >= 15 is 0 Å². The number of carboxylic acid groups (broad SMARTS) is 1. The fourth-order valence-electron chi connectivity index (χ4n) is 5.11. The van der Waals surface area contributed by atoms with E-state index in [4.69, 9.17) is 14.6 Å². The highest BCUT2D eigenvalue weighted by Gasteiger charge is 2.34. The summed E-state index contributed by atoms with van der Waals surface area (Å²) in [5.41, 5.74) is 3.15. The monoisotopic (exact) mass is 561 g/mol. The number of aliphatic carboxylic acids is 1. The normalized spacial score (nSPS) is 21.4. The Bertz CT molecular complexity index is 1300. The van der Waals surface area contributed by atoms with Crippen LogP contribution in [0.3, 0.4) is 0 Å². The Morgan fingerprint density at radius 1 is 0.927 bits per heavy atom. The van der Waals surface area contributed by atoms with Gasteiger partial charge in [0.1, 0.15) is 0 Å². The SMILES string of the molecule is O=C(O)CCC(=O)Nc1cccc(C2OC(CN3CCN(c4ncccn4)CC3)CC(c3ccc(CO)cc3)O2)c1. The highest BCUT2D eigenvalue weighted by molar-refractivity contribution is 5.92. The molecule has 5 rings (SSSR count). The molecule has 0 bridgehead atoms. The molecule has 3 aromatic rings. The van der Waals surface area contributed by atoms with Gasteiger partial charge in [-0.15, -0.1) is 0 Å². The lowest BCUT2D eigenvalue weighted by molar-refractivity contribution is -0.253. The molecule has 11 nitrogen and oxygen atoms in total. The Kier molecular flexibility index (Phi) is 9.52. The number of aliphatic hydroxyl groups is 1. The van der Waals surface area contributed by atoms with Gasteiger partial charge in [0.05, 0.1) is 25.2 Å². The first-order valence-corrected chi connectivity index (χ1v) is 13.8. The number of anilines is 2. The van der Waals surface area contributed by atoms with Crippen LogP contribution < -0.4 is 10.2 Å². The van der Waals surface area contributed by atoms with Crippen molar-refractivity contribution >= 4 is 23.5 Å². The summed E-state index contributed by atoms with van der Waals surface area (Å²) < 4.78 is 12.9. The Balaban J connectivity index is 1.28. The van der Waals surface area contributed by atoms with E-state index < -0.39 is 12.3 Å². The second-order valence-electron chi connectivity index (χ2n) is 10.3. The highest BCUT2D eigenvalue weighted by atomic mass is 16.7. The van der Waals surface area contributed by atoms with E-state index in [-0.39, 0.29) is 37.6 Å². The third-order valence-electron chi connectivity index (χ3n) is 7.29. The van der Waals surface area contributed by atoms with E-state index in [0.717, 1.165) is 55.4 Å². The predicted octanol–water partition coefficient (Wildman–Crippen LogP) is 3.14. The molecular weight excluding hydrogens is 526 g/mol. The van der Waals surface area contributed by atoms with Crippen LogP contribution in [0.5, 0.6) is 0 Å². The second-order valence-corrected chi connectivity index (χ2v) is 10.3. The van der Waals surface area contributed by atoms with Crippen molar-refractivity contribution in [1.29, 1.82) is 0 Å². The molecule has 2 saturated heterocycles. The summed E-state index contributed by atoms with van der Waals surface area (Å²) >= 11 is 0. The molecule has 0 radical (unpaired) electrons. The van der Waals surface area contributed by atoms with Crippen LogP contribution in [0.4, 0.5) is 11.6 Å². The molecule has 2 aliphatic rings. The minimum Gasteiger partial charge on any atom is -0.481 e. The maximum Gasteiger partial charge on any atom is 0.303 e. The van der Waals surface area contributed by atoms with Crippen molar-refractivity contribution in [3.8, 4) is 0 Å². The second kappa shape index (κ2) is 13.6. The third-order valence-corrected chi connectivity index (χ3v) is 7.29. The van der Waals surface area contributed by atoms with Crippen molar-refractivity contribution in [3.05, 3.63) is 83.7 Å². The number of amides is 1. The third kappa shape index (κ3) is 7.86. The molecule has 3 atom stereocenters. The molecule has 3 heterocycles. The van der Waals surface area contributed by atoms with Crippen LogP contribution >= 0.6 is 0 Å². The standard InChI is InChI=1S/C30H35N5O6/c36-20-21-5-7-22(8-6-21)26-18-25(19-34-13-15-35(16-14-34)30-31-11-2-12-32-30)40-29(41-26)23-3-1-4-24(17-23)33-27(37)9-10-28(38)39/h1-8,11-12,17,25-26,29,36H,9-10,13-16,18-20H2,(H,33,37)(H,38,39). The molecule has 3 unspecified atom stereocenters. The van der Waals surface area contributed by atoms with E-state index in [9.17, 15) is 14.7 Å². The summed E-state index contributed by atoms with van der Waals surface area (Å²) in [6, 6.07) is 16.8. The number of hydrogen-bond acceptors (Lipinski definition) is 9. The van der Waals surface area contributed by atoms with Crippen molar-refractivity contribution in [1.82, 2.24) is 14.9 Å². The number of carbonyl (C=O) groups excluding carboxylic acids is 1. The van der Waals surface area contributed by atoms with Crippen LogP contribution in [0.25, 0.3) is 0 Å². The molecule has 216 valence electrons. The van der Waals surface area contributed by atoms with E-state index in [2.05, 4.69) is 25.1 Å². The van der Waals surface area contributed by atoms with Crippen LogP contribution in [0.15, 0.2) is 67.0 Å². The van der Waals surface area contributed by atoms with Gasteiger partial charge in [-0.05, 0) is 29.3 Å². The van der Waals surface area contributed by atoms with Crippen molar-refractivity contribution in [2.75, 3.05) is 42.9 Å². The summed E-state index contributed by atoms with van der Waals surface area (Å²) in [7, 11) is 0. The van der Waals surface area contributed by atoms with Crippen molar-refractivity contribution in [2.24, 2.45) is 0 Å². The smallest absolute Gasteiger partial charge is 0.303 e. The number of ether oxygens (including phenoxy) is 2. The number of aromatic nitrogens is 2. The molecule has 2 aliphatic heterocycles. The number of piperazine rings is 1. The molecular formula is C30H35N5O6. The van der Waals surface area contributed by atoms with E-state index in [0.29, 0.717) is 12.1 Å². The van der Waals surface area contributed by atoms with Gasteiger partial charge in [0, 0.05) is 69.2 Å². The number of nitrogens with zero attached hydrogens (tertiary/aromatic N) is 4. The maximum atomic E-state index is 12.2. The largest absolute Gasteiger partial charge is 0.481 e. The van der Waals surface area contributed by atoms with Crippen molar-refractivity contribution < 1.29 is 29.3 Å². The molecule has 1 amide bonds. The van der Waals surface area contributed by atoms with Gasteiger partial charge in [-0.1, -0.05) is 36.4 Å². The lowest BCUT2D eigenvalue weighted by atomic mass is 9.99. The number of nitrogens with one attached hydrogen (secondary N) is 1. The Morgan fingerprint density at radius 2 is 1.68 bits per heavy atom. The van der Waals surface area contributed by atoms with Gasteiger partial charge in [-0.25, -0.2) is 9.97 Å². The van der Waals surface area contributed by atoms with Gasteiger partial charge in [0.25, 0.3) is 0 Å². The summed E-state index contributed by atoms with van der Waals surface area (Å²) in [5.74, 6) is -0.637. The quantitative estimate of drug-likeness (QED) is 0.339. The maximum absolute atomic E-state index is 12.2. The molecule has 0 saturated carbocycles. The zero-order valence-corrected chi connectivity index (χ0v) is 22.8. The first-order chi connectivity index (χ1) is 20.0. The summed E-state index contributed by atoms with van der Waals surface area (Å²) in [6.07, 6.45) is 2.86. The van der Waals surface area contributed by atoms with Crippen LogP contribution in [-0.4, -0.2) is 75.8 Å². The van der Waals surface area contributed by atoms with Gasteiger partial charge in [-0.2, -0.15) is 0 Å². The van der Waals surface area contributed by atoms with Gasteiger partial charge >= 0.3 is 5.97 Å². The zero-order valence-electron chi connectivity index (χ0n) is 22.8. The molecule has 41 heavy (non-hydrogen) atoms. The first-order valence-electron chi connectivity index (χ1n) is 13.8. The number of aliphatic hydroxyl groups excluding tert-OH is 1. The Hall–Kier alpha value is -3.90. The van der Waals surface area contributed by atoms with Crippen molar-refractivity contribution in [3.63, 3.8) is 0 Å². The molecule has 0 aliphatic carbocycles. The van der Waals surface area contributed by atoms with E-state index in [1.165, 1.54) is 0 Å². The average Bonchev–Trinajstić information content (AvgIpc) is 3.01. The zero-order chi connectivity index (χ0) is 28.6. The summed E-state index contributed by atoms with van der Waals surface area (Å²) in [4.78, 5) is 36.3. The minimum atomic E-state index is -1.02. The lowest BCUT2D eigenvalue weighted by Gasteiger charge is -2.40. The molecule has 0 spiro atoms. The highest BCUT2D eigenvalue weighted by Crippen LogP contribution is 2.38. The molecule has 2 fully saturated rings. The van der Waals surface area contributed by atoms with Gasteiger partial charge in [0.15, 0.2) is 6.29 Å². The predicted molar refractivity (Wildman–Crippen MR) is 151 cm³/mol. The van der Waals surface area contributed by atoms with Crippen LogP contribution in [0.1, 0.15) is 48.3 Å². The molecule has 3 N–H and O–H groups in total. The molecule has 11 heteroatoms. The van der Waals surface area contributed by atoms with Gasteiger partial charge < -0.3 is 29.9 Å². The lowest BCUT2D eigenvalue weighted by Crippen LogP contribution is -2.50. The Morgan fingerprint density at radius 3 is 2.39 bits per heavy atom. The number of benzene rings is 2. The molecule has 1 aromatic heterocycles. The van der Waals surface area contributed by atoms with Crippen LogP contribution in [0.2, 0.25) is 0 Å². The van der Waals surface area contributed by atoms with Gasteiger partial charge in [-0.3, -0.25) is 14.5 Å². The Labute approximate surface area is 238 Å². The summed E-state index contributed by atoms with van der Waals surface area (Å²) in [6.45, 7) is 4.08. The topological polar surface area (TPSA) is 137 Å². The summed E-state index contributed by atoms with van der Waals surface area (Å²) in [5, 5.41) is 21.1. The van der Waals surface area contributed by atoms with Crippen molar-refractivity contribution in [2.45, 2.75) is 44.4 Å². The molecule has 2 aromatic carbocycles. The number of carbonyl (C=O) groups is 2. The fourth-order valence-corrected chi connectivity index (χ4v) is 5.11. The minimum absolute atomic E-state index is 0.0227. The number of hydrogen-bond donors (Lipinski definition) is 3. The van der Waals surface area contributed by atoms with Crippen LogP contribution in [-0.2, 0) is 25.7 Å². The van der Waals surface area contributed by atoms with Gasteiger partial charge in [0.2, 0.25) is 11.9 Å². The van der Waals surface area contributed by atoms with E-state index in [1.54, 1.807) is 24.5 Å². The average molecular weight is 562 g/mol.